The highest BCUT2D eigenvalue weighted by atomic mass is 35.5. The molecule has 8 atom stereocenters. The minimum atomic E-state index is -1.48. The normalized spacial score (nSPS) is 50.5. The summed E-state index contributed by atoms with van der Waals surface area (Å²) in [6.07, 6.45) is 1.24. The number of carbonyl (C=O) groups excluding carboxylic acids is 1. The van der Waals surface area contributed by atoms with Gasteiger partial charge in [0.05, 0.1) is 16.2 Å². The Morgan fingerprint density at radius 3 is 2.46 bits per heavy atom. The Balaban J connectivity index is 1.84. The van der Waals surface area contributed by atoms with Crippen LogP contribution in [0.25, 0.3) is 0 Å². The number of fused-ring (bicyclic) bond motifs is 5. The summed E-state index contributed by atoms with van der Waals surface area (Å²) in [6, 6.07) is 0. The van der Waals surface area contributed by atoms with Gasteiger partial charge >= 0.3 is 5.97 Å². The van der Waals surface area contributed by atoms with Crippen LogP contribution in [0.15, 0.2) is 23.2 Å². The van der Waals surface area contributed by atoms with Gasteiger partial charge in [-0.2, -0.15) is 0 Å². The molecule has 28 heavy (non-hydrogen) atoms. The molecule has 154 valence electrons. The Morgan fingerprint density at radius 1 is 1.21 bits per heavy atom. The van der Waals surface area contributed by atoms with Gasteiger partial charge in [-0.25, -0.2) is 4.39 Å². The lowest BCUT2D eigenvalue weighted by atomic mass is 9.46. The van der Waals surface area contributed by atoms with Crippen LogP contribution in [0.5, 0.6) is 0 Å². The first-order valence-electron chi connectivity index (χ1n) is 9.84. The predicted octanol–water partition coefficient (Wildman–Crippen LogP) is 4.32. The molecule has 0 aromatic carbocycles. The topological polar surface area (TPSA) is 94.8 Å². The fourth-order valence-corrected chi connectivity index (χ4v) is 7.66. The van der Waals surface area contributed by atoms with Gasteiger partial charge in [0.15, 0.2) is 5.76 Å². The van der Waals surface area contributed by atoms with Crippen molar-refractivity contribution >= 4 is 23.4 Å². The highest BCUT2D eigenvalue weighted by Crippen LogP contribution is 2.71. The number of carboxylic acids is 1. The lowest BCUT2D eigenvalue weighted by Crippen LogP contribution is -2.65. The fourth-order valence-electron chi connectivity index (χ4n) is 7.13. The minimum absolute atomic E-state index is 0.0614. The number of hydrogen-bond acceptors (Lipinski definition) is 4. The van der Waals surface area contributed by atoms with E-state index >= 15 is 4.39 Å². The van der Waals surface area contributed by atoms with E-state index in [1.807, 2.05) is 13.8 Å². The molecule has 4 aliphatic rings. The first kappa shape index (κ1) is 19.7. The van der Waals surface area contributed by atoms with Crippen LogP contribution in [0, 0.1) is 34.5 Å². The van der Waals surface area contributed by atoms with Crippen LogP contribution in [0.1, 0.15) is 46.5 Å². The summed E-state index contributed by atoms with van der Waals surface area (Å²) in [5.41, 5.74) is -1.87. The van der Waals surface area contributed by atoms with Gasteiger partial charge in [0.2, 0.25) is 11.5 Å². The molecule has 3 saturated carbocycles. The molecular formula is C21H26ClFO5. The Morgan fingerprint density at radius 2 is 1.86 bits per heavy atom. The number of carbonyl (C=O) groups is 2. The second-order valence-electron chi connectivity index (χ2n) is 9.60. The Bertz CT molecular complexity index is 837. The standard InChI is InChI=1S/C21H26ClFO5/c1-9-6-10-11-7-13(23)12-8-14(24)16(25)17(26)20(12,3)21(11,22)5-4-19(10,2)15(9)18(27)28/h8-11,13,15,24-25H,4-7H2,1-3H3,(H,27,28)/t9-,10+,11+,13+,15+,19+,20-,21-/m1/s1. The largest absolute Gasteiger partial charge is 0.504 e. The fraction of sp³-hybridized carbons (Fsp3) is 0.714. The van der Waals surface area contributed by atoms with Crippen LogP contribution < -0.4 is 0 Å². The summed E-state index contributed by atoms with van der Waals surface area (Å²) in [4.78, 5) is 23.9. The first-order valence-corrected chi connectivity index (χ1v) is 10.2. The Labute approximate surface area is 168 Å². The van der Waals surface area contributed by atoms with E-state index in [2.05, 4.69) is 0 Å². The van der Waals surface area contributed by atoms with Crippen molar-refractivity contribution in [3.05, 3.63) is 23.2 Å². The van der Waals surface area contributed by atoms with Gasteiger partial charge in [-0.1, -0.05) is 13.8 Å². The van der Waals surface area contributed by atoms with Crippen molar-refractivity contribution < 1.29 is 29.3 Å². The number of aliphatic carboxylic acids is 1. The zero-order valence-corrected chi connectivity index (χ0v) is 17.0. The molecule has 3 fully saturated rings. The summed E-state index contributed by atoms with van der Waals surface area (Å²) in [6.45, 7) is 5.44. The maximum absolute atomic E-state index is 15.3. The van der Waals surface area contributed by atoms with Crippen LogP contribution in [0.3, 0.4) is 0 Å². The van der Waals surface area contributed by atoms with Crippen LogP contribution in [-0.2, 0) is 9.59 Å². The van der Waals surface area contributed by atoms with Crippen molar-refractivity contribution in [2.45, 2.75) is 57.5 Å². The molecule has 4 rings (SSSR count). The van der Waals surface area contributed by atoms with Gasteiger partial charge in [0.1, 0.15) is 6.17 Å². The van der Waals surface area contributed by atoms with Crippen LogP contribution in [0.4, 0.5) is 4.39 Å². The third kappa shape index (κ3) is 2.08. The zero-order valence-electron chi connectivity index (χ0n) is 16.2. The zero-order chi connectivity index (χ0) is 20.8. The third-order valence-corrected chi connectivity index (χ3v) is 9.38. The van der Waals surface area contributed by atoms with Crippen molar-refractivity contribution in [2.24, 2.45) is 34.5 Å². The average molecular weight is 413 g/mol. The van der Waals surface area contributed by atoms with Crippen LogP contribution >= 0.6 is 11.6 Å². The van der Waals surface area contributed by atoms with Gasteiger partial charge in [-0.15, -0.1) is 11.6 Å². The average Bonchev–Trinajstić information content (AvgIpc) is 2.88. The summed E-state index contributed by atoms with van der Waals surface area (Å²) < 4.78 is 15.3. The van der Waals surface area contributed by atoms with Crippen LogP contribution in [-0.4, -0.2) is 38.1 Å². The number of hydrogen-bond donors (Lipinski definition) is 3. The summed E-state index contributed by atoms with van der Waals surface area (Å²) >= 11 is 7.18. The Kier molecular flexibility index (Phi) is 4.05. The lowest BCUT2D eigenvalue weighted by molar-refractivity contribution is -0.151. The molecule has 0 amide bonds. The molecule has 0 radical (unpaired) electrons. The maximum Gasteiger partial charge on any atom is 0.307 e. The molecule has 0 spiro atoms. The quantitative estimate of drug-likeness (QED) is 0.557. The molecular weight excluding hydrogens is 387 g/mol. The predicted molar refractivity (Wildman–Crippen MR) is 101 cm³/mol. The number of alkyl halides is 2. The second-order valence-corrected chi connectivity index (χ2v) is 10.3. The number of carboxylic acid groups (broad SMARTS) is 1. The van der Waals surface area contributed by atoms with E-state index in [-0.39, 0.29) is 23.8 Å². The molecule has 4 aliphatic carbocycles. The number of aliphatic hydroxyl groups excluding tert-OH is 2. The molecule has 0 aromatic rings. The van der Waals surface area contributed by atoms with E-state index in [0.29, 0.717) is 19.3 Å². The smallest absolute Gasteiger partial charge is 0.307 e. The highest BCUT2D eigenvalue weighted by molar-refractivity contribution is 6.28. The molecule has 0 aliphatic heterocycles. The van der Waals surface area contributed by atoms with Gasteiger partial charge in [0.25, 0.3) is 0 Å². The van der Waals surface area contributed by atoms with E-state index in [1.54, 1.807) is 6.92 Å². The molecule has 0 heterocycles. The van der Waals surface area contributed by atoms with E-state index in [9.17, 15) is 24.9 Å². The van der Waals surface area contributed by atoms with Crippen molar-refractivity contribution in [1.82, 2.24) is 0 Å². The minimum Gasteiger partial charge on any atom is -0.504 e. The summed E-state index contributed by atoms with van der Waals surface area (Å²) in [7, 11) is 0. The lowest BCUT2D eigenvalue weighted by Gasteiger charge is -2.61. The van der Waals surface area contributed by atoms with Crippen molar-refractivity contribution in [3.63, 3.8) is 0 Å². The number of halogens is 2. The van der Waals surface area contributed by atoms with Crippen molar-refractivity contribution in [3.8, 4) is 0 Å². The maximum atomic E-state index is 15.3. The van der Waals surface area contributed by atoms with Crippen molar-refractivity contribution in [2.75, 3.05) is 0 Å². The number of ketones is 1. The number of allylic oxidation sites excluding steroid dienone is 3. The van der Waals surface area contributed by atoms with E-state index in [4.69, 9.17) is 11.6 Å². The molecule has 5 nitrogen and oxygen atoms in total. The molecule has 0 saturated heterocycles. The van der Waals surface area contributed by atoms with Crippen molar-refractivity contribution in [1.29, 1.82) is 0 Å². The van der Waals surface area contributed by atoms with E-state index in [1.165, 1.54) is 0 Å². The molecule has 7 heteroatoms. The summed E-state index contributed by atoms with van der Waals surface area (Å²) in [5, 5.41) is 29.8. The molecule has 0 unspecified atom stereocenters. The monoisotopic (exact) mass is 412 g/mol. The van der Waals surface area contributed by atoms with Gasteiger partial charge in [0, 0.05) is 0 Å². The molecule has 3 N–H and O–H groups in total. The van der Waals surface area contributed by atoms with E-state index < -0.39 is 57.0 Å². The van der Waals surface area contributed by atoms with E-state index in [0.717, 1.165) is 6.08 Å². The molecule has 0 aromatic heterocycles. The van der Waals surface area contributed by atoms with Gasteiger partial charge in [-0.3, -0.25) is 9.59 Å². The number of rotatable bonds is 1. The first-order chi connectivity index (χ1) is 12.9. The summed E-state index contributed by atoms with van der Waals surface area (Å²) in [5.74, 6) is -4.10. The third-order valence-electron chi connectivity index (χ3n) is 8.53. The Hall–Kier alpha value is -1.56. The van der Waals surface area contributed by atoms with Crippen LogP contribution in [0.2, 0.25) is 0 Å². The molecule has 0 bridgehead atoms. The SMILES string of the molecule is C[C@@H]1C[C@H]2[C@@H]3C[C@H](F)C4=CC(O)=C(O)C(=O)[C@]4(C)[C@@]3(Cl)CC[C@]2(C)[C@@H]1C(=O)O. The van der Waals surface area contributed by atoms with Gasteiger partial charge < -0.3 is 15.3 Å². The highest BCUT2D eigenvalue weighted by Gasteiger charge is 2.71. The number of Topliss-reactive ketones (excluding diaryl/α,β-unsaturated/α-hetero) is 1. The number of aliphatic hydroxyl groups is 2. The second kappa shape index (κ2) is 5.74. The van der Waals surface area contributed by atoms with Gasteiger partial charge in [-0.05, 0) is 67.4 Å².